The summed E-state index contributed by atoms with van der Waals surface area (Å²) in [6.45, 7) is 21.2. The van der Waals surface area contributed by atoms with Gasteiger partial charge in [-0.3, -0.25) is 52.7 Å². The number of methoxy groups -OCH3 is 1. The van der Waals surface area contributed by atoms with Crippen molar-refractivity contribution in [2.75, 3.05) is 26.9 Å². The van der Waals surface area contributed by atoms with Gasteiger partial charge in [0.1, 0.15) is 54.4 Å². The van der Waals surface area contributed by atoms with E-state index in [0.717, 1.165) is 0 Å². The van der Waals surface area contributed by atoms with Gasteiger partial charge in [-0.05, 0) is 60.5 Å². The second-order valence-electron chi connectivity index (χ2n) is 24.3. The fourth-order valence-corrected chi connectivity index (χ4v) is 9.14. The molecule has 0 aliphatic heterocycles. The molecule has 0 fully saturated rings. The van der Waals surface area contributed by atoms with Gasteiger partial charge in [0.25, 0.3) is 5.91 Å². The molecule has 15 N–H and O–H groups in total. The summed E-state index contributed by atoms with van der Waals surface area (Å²) in [6, 6.07) is -8.45. The smallest absolute Gasteiger partial charge is 0.253 e. The maximum atomic E-state index is 14.5. The summed E-state index contributed by atoms with van der Waals surface area (Å²) < 4.78 is 4.93. The Balaban J connectivity index is 2.46. The van der Waals surface area contributed by atoms with E-state index in [1.54, 1.807) is 83.1 Å². The summed E-state index contributed by atoms with van der Waals surface area (Å²) >= 11 is 12.5. The number of aromatic nitrogens is 2. The molecule has 87 heavy (non-hydrogen) atoms. The summed E-state index contributed by atoms with van der Waals surface area (Å²) in [5.74, 6) is -10.8. The number of benzene rings is 1. The third-order valence-electron chi connectivity index (χ3n) is 14.3. The lowest BCUT2D eigenvalue weighted by Gasteiger charge is -2.36. The molecule has 1 aromatic heterocycles. The van der Waals surface area contributed by atoms with E-state index in [1.165, 1.54) is 44.8 Å². The van der Waals surface area contributed by atoms with E-state index < -0.39 is 168 Å². The largest absolute Gasteiger partial charge is 0.394 e. The van der Waals surface area contributed by atoms with E-state index in [9.17, 15) is 63.0 Å². The average Bonchev–Trinajstić information content (AvgIpc) is 2.91. The van der Waals surface area contributed by atoms with Gasteiger partial charge in [0.15, 0.2) is 0 Å². The lowest BCUT2D eigenvalue weighted by atomic mass is 9.84. The van der Waals surface area contributed by atoms with Crippen molar-refractivity contribution < 1.29 is 67.7 Å². The Morgan fingerprint density at radius 1 is 0.632 bits per heavy atom. The number of rotatable bonds is 35. The van der Waals surface area contributed by atoms with Crippen LogP contribution in [0, 0.1) is 28.6 Å². The van der Waals surface area contributed by atoms with E-state index in [4.69, 9.17) is 33.7 Å². The Labute approximate surface area is 519 Å². The molecule has 0 radical (unpaired) electrons. The molecule has 2 rings (SSSR count). The number of amides is 11. The highest BCUT2D eigenvalue weighted by atomic mass is 35.5. The number of aliphatic hydroxyl groups excluding tert-OH is 2. The molecule has 1 heterocycles. The molecular formula is C58H93Cl2N13O14. The molecule has 4 unspecified atom stereocenters. The number of aromatic amines is 1. The SMILES string of the molecule is CCC(C)[C@H](NC(=O)[C@@H](NC(=O)c1cccc(Cl)c1Cl)C(C)(C)C)C(=O)N[C@H](C(=O)N[C@H](C(=O)N[C@H](C(=O)N[C@@H](CCC(N)=O)C(=O)N[C@@H](Cc1cnc[nH]1)C(=O)NC(CC(C)C)C(=O)N[C@@H](CO)C(=O)NCCOC)C(C)O)C(C)CC)C(C)(C)C. The summed E-state index contributed by atoms with van der Waals surface area (Å²) in [6.07, 6.45) is 0.563. The van der Waals surface area contributed by atoms with Crippen molar-refractivity contribution in [2.45, 2.75) is 189 Å². The molecule has 1 aromatic carbocycles. The zero-order chi connectivity index (χ0) is 66.3. The Bertz CT molecular complexity index is 2670. The van der Waals surface area contributed by atoms with Crippen molar-refractivity contribution >= 4 is 88.2 Å². The van der Waals surface area contributed by atoms with Gasteiger partial charge in [0.05, 0.1) is 41.3 Å². The normalized spacial score (nSPS) is 15.8. The molecule has 0 saturated carbocycles. The van der Waals surface area contributed by atoms with Crippen molar-refractivity contribution in [3.8, 4) is 0 Å². The van der Waals surface area contributed by atoms with Gasteiger partial charge in [0.2, 0.25) is 59.1 Å². The van der Waals surface area contributed by atoms with Crippen LogP contribution in [0.5, 0.6) is 0 Å². The number of aliphatic hydroxyl groups is 2. The summed E-state index contributed by atoms with van der Waals surface area (Å²) in [4.78, 5) is 159. The summed E-state index contributed by atoms with van der Waals surface area (Å²) in [5.41, 5.74) is 3.90. The van der Waals surface area contributed by atoms with E-state index in [0.29, 0.717) is 12.1 Å². The number of hydrogen-bond acceptors (Lipinski definition) is 15. The second kappa shape index (κ2) is 35.8. The second-order valence-corrected chi connectivity index (χ2v) is 25.1. The number of imidazole rings is 1. The number of halogens is 2. The van der Waals surface area contributed by atoms with Crippen LogP contribution in [0.1, 0.15) is 138 Å². The van der Waals surface area contributed by atoms with E-state index >= 15 is 0 Å². The number of primary amides is 1. The first-order valence-corrected chi connectivity index (χ1v) is 29.8. The zero-order valence-electron chi connectivity index (χ0n) is 52.3. The molecular weight excluding hydrogens is 1170 g/mol. The number of ether oxygens (including phenoxy) is 1. The topological polar surface area (TPSA) is 412 Å². The number of nitrogens with two attached hydrogens (primary N) is 1. The molecule has 0 bridgehead atoms. The standard InChI is InChI=1S/C58H93Cl2N13O14/c1-15-30(5)42(69-56(86)46(58(11,12)13)73-53(83)43(31(6)16-2)70-55(85)45(57(8,9)10)72-47(77)34-18-17-19-35(59)41(34)60)52(82)71-44(32(7)75)54(84)65-36(20-21-40(61)76)49(79)67-38(25-33-26-62-28-64-33)51(81)66-37(24-29(3)4)50(80)68-39(27-74)48(78)63-22-23-87-14/h17-19,26,28-32,36-39,42-46,74-75H,15-16,20-25,27H2,1-14H3,(H2,61,76)(H,62,64)(H,63,78)(H,65,84)(H,66,81)(H,67,79)(H,68,80)(H,69,86)(H,70,85)(H,71,82)(H,72,77)(H,73,83)/t30?,31?,32?,36-,37?,38-,39-,42-,43-,44-,45+,46+/m0/s1. The molecule has 0 aliphatic rings. The summed E-state index contributed by atoms with van der Waals surface area (Å²) in [5, 5.41) is 47.2. The van der Waals surface area contributed by atoms with Crippen molar-refractivity contribution in [2.24, 2.45) is 34.3 Å². The first kappa shape index (κ1) is 76.2. The van der Waals surface area contributed by atoms with E-state index in [2.05, 4.69) is 63.1 Å². The molecule has 488 valence electrons. The molecule has 12 atom stereocenters. The maximum absolute atomic E-state index is 14.5. The fourth-order valence-electron chi connectivity index (χ4n) is 8.75. The monoisotopic (exact) mass is 1270 g/mol. The Morgan fingerprint density at radius 2 is 1.11 bits per heavy atom. The van der Waals surface area contributed by atoms with Crippen LogP contribution >= 0.6 is 23.2 Å². The van der Waals surface area contributed by atoms with Crippen LogP contribution in [0.25, 0.3) is 0 Å². The minimum Gasteiger partial charge on any atom is -0.394 e. The summed E-state index contributed by atoms with van der Waals surface area (Å²) in [7, 11) is 1.42. The first-order valence-electron chi connectivity index (χ1n) is 29.0. The van der Waals surface area contributed by atoms with Crippen molar-refractivity contribution in [3.05, 3.63) is 52.0 Å². The number of nitrogens with one attached hydrogen (secondary N) is 11. The first-order chi connectivity index (χ1) is 40.5. The van der Waals surface area contributed by atoms with Gasteiger partial charge in [-0.1, -0.05) is 125 Å². The van der Waals surface area contributed by atoms with Gasteiger partial charge in [-0.15, -0.1) is 0 Å². The lowest BCUT2D eigenvalue weighted by Crippen LogP contribution is -2.64. The van der Waals surface area contributed by atoms with Crippen LogP contribution in [-0.4, -0.2) is 173 Å². The molecule has 0 spiro atoms. The van der Waals surface area contributed by atoms with Crippen LogP contribution in [0.3, 0.4) is 0 Å². The quantitative estimate of drug-likeness (QED) is 0.0420. The molecule has 11 amide bonds. The van der Waals surface area contributed by atoms with Crippen molar-refractivity contribution in [1.82, 2.24) is 63.1 Å². The highest BCUT2D eigenvalue weighted by Crippen LogP contribution is 2.28. The fraction of sp³-hybridized carbons (Fsp3) is 0.655. The van der Waals surface area contributed by atoms with Crippen LogP contribution in [0.4, 0.5) is 0 Å². The van der Waals surface area contributed by atoms with Gasteiger partial charge in [-0.2, -0.15) is 0 Å². The minimum atomic E-state index is -1.82. The maximum Gasteiger partial charge on any atom is 0.253 e. The zero-order valence-corrected chi connectivity index (χ0v) is 53.8. The number of carbonyl (C=O) groups is 11. The molecule has 29 heteroatoms. The number of hydrogen-bond donors (Lipinski definition) is 14. The van der Waals surface area contributed by atoms with Gasteiger partial charge < -0.3 is 78.8 Å². The Morgan fingerprint density at radius 3 is 1.60 bits per heavy atom. The molecule has 0 saturated heterocycles. The minimum absolute atomic E-state index is 0.0186. The van der Waals surface area contributed by atoms with Crippen LogP contribution < -0.4 is 58.9 Å². The number of H-pyrrole nitrogens is 1. The van der Waals surface area contributed by atoms with E-state index in [1.807, 2.05) is 0 Å². The van der Waals surface area contributed by atoms with Crippen molar-refractivity contribution in [1.29, 1.82) is 0 Å². The Hall–Kier alpha value is -6.94. The highest BCUT2D eigenvalue weighted by molar-refractivity contribution is 6.43. The van der Waals surface area contributed by atoms with Crippen molar-refractivity contribution in [3.63, 3.8) is 0 Å². The molecule has 27 nitrogen and oxygen atoms in total. The van der Waals surface area contributed by atoms with Gasteiger partial charge in [0, 0.05) is 38.4 Å². The van der Waals surface area contributed by atoms with Crippen LogP contribution in [0.2, 0.25) is 10.0 Å². The van der Waals surface area contributed by atoms with E-state index in [-0.39, 0.29) is 53.9 Å². The predicted octanol–water partition coefficient (Wildman–Crippen LogP) is 0.568. The Kier molecular flexibility index (Phi) is 31.3. The highest BCUT2D eigenvalue weighted by Gasteiger charge is 2.42. The third-order valence-corrected chi connectivity index (χ3v) is 15.2. The van der Waals surface area contributed by atoms with Gasteiger partial charge in [-0.25, -0.2) is 4.98 Å². The third kappa shape index (κ3) is 24.6. The van der Waals surface area contributed by atoms with Crippen LogP contribution in [0.15, 0.2) is 30.7 Å². The van der Waals surface area contributed by atoms with Gasteiger partial charge >= 0.3 is 0 Å². The average molecular weight is 1270 g/mol. The number of nitrogens with zero attached hydrogens (tertiary/aromatic N) is 1. The molecule has 2 aromatic rings. The number of carbonyl (C=O) groups excluding carboxylic acids is 11. The van der Waals surface area contributed by atoms with Crippen LogP contribution in [-0.2, 0) is 59.1 Å². The predicted molar refractivity (Wildman–Crippen MR) is 325 cm³/mol. The molecule has 0 aliphatic carbocycles. The lowest BCUT2D eigenvalue weighted by molar-refractivity contribution is -0.139.